The molecule has 0 nitrogen and oxygen atoms in total. The molecular weight excluding hydrogens is 81.7 g/mol. The van der Waals surface area contributed by atoms with Crippen LogP contribution in [-0.2, 0) is 0 Å². The second-order valence-electron chi connectivity index (χ2n) is 2.28. The summed E-state index contributed by atoms with van der Waals surface area (Å²) in [5.74, 6) is 2.09. The smallest absolute Gasteiger partial charge is 0.123 e. The van der Waals surface area contributed by atoms with E-state index in [0.717, 1.165) is 6.71 Å². The van der Waals surface area contributed by atoms with E-state index in [1.807, 2.05) is 0 Å². The van der Waals surface area contributed by atoms with Crippen LogP contribution >= 0.6 is 0 Å². The summed E-state index contributed by atoms with van der Waals surface area (Å²) in [7, 11) is 1.43. The van der Waals surface area contributed by atoms with Crippen LogP contribution in [0.5, 0.6) is 0 Å². The highest BCUT2D eigenvalue weighted by molar-refractivity contribution is 6.77. The van der Waals surface area contributed by atoms with Crippen LogP contribution in [0, 0.1) is 0 Å². The summed E-state index contributed by atoms with van der Waals surface area (Å²) in [6.07, 6.45) is 4.21. The molecule has 0 spiro atoms. The molecule has 0 amide bonds. The van der Waals surface area contributed by atoms with E-state index in [9.17, 15) is 0 Å². The largest absolute Gasteiger partial charge is 0.157 e. The first-order valence-corrected chi connectivity index (χ1v) is 3.06. The Hall–Kier alpha value is -0.130. The third-order valence-electron chi connectivity index (χ3n) is 1.73. The van der Waals surface area contributed by atoms with Crippen molar-refractivity contribution in [2.24, 2.45) is 0 Å². The molecule has 0 saturated carbocycles. The van der Waals surface area contributed by atoms with Gasteiger partial charge in [-0.2, -0.15) is 0 Å². The average molecular weight is 91.8 g/mol. The molecule has 0 atom stereocenters. The molecule has 1 fully saturated rings. The van der Waals surface area contributed by atoms with Gasteiger partial charge in [-0.25, -0.2) is 0 Å². The van der Waals surface area contributed by atoms with Crippen LogP contribution in [0.2, 0.25) is 18.9 Å². The van der Waals surface area contributed by atoms with Crippen molar-refractivity contribution in [3.63, 3.8) is 0 Å². The van der Waals surface area contributed by atoms with Gasteiger partial charge in [-0.1, -0.05) is 18.9 Å². The van der Waals surface area contributed by atoms with Crippen molar-refractivity contribution in [2.45, 2.75) is 18.9 Å². The molecule has 1 aliphatic rings. The van der Waals surface area contributed by atoms with Crippen LogP contribution in [-0.4, -0.2) is 14.0 Å². The van der Waals surface area contributed by atoms with Gasteiger partial charge in [0, 0.05) is 0 Å². The van der Waals surface area contributed by atoms with Gasteiger partial charge in [-0.05, 0) is 0 Å². The second kappa shape index (κ2) is 2.25. The van der Waals surface area contributed by atoms with Crippen molar-refractivity contribution in [3.05, 3.63) is 12.6 Å². The van der Waals surface area contributed by atoms with Crippen molar-refractivity contribution >= 4 is 14.0 Å². The molecule has 0 unspecified atom stereocenters. The normalized spacial score (nSPS) is 19.1. The Bertz CT molecular complexity index is 64.5. The van der Waals surface area contributed by atoms with Crippen molar-refractivity contribution in [1.82, 2.24) is 0 Å². The van der Waals surface area contributed by atoms with E-state index in [1.165, 1.54) is 26.1 Å². The van der Waals surface area contributed by atoms with Crippen LogP contribution in [0.25, 0.3) is 0 Å². The van der Waals surface area contributed by atoms with Gasteiger partial charge in [0.25, 0.3) is 0 Å². The minimum absolute atomic E-state index is 0.861. The molecular formula is C5H10B2. The lowest BCUT2D eigenvalue weighted by atomic mass is 9.45. The Morgan fingerprint density at radius 3 is 2.86 bits per heavy atom. The molecule has 1 rings (SSSR count). The molecule has 0 N–H and O–H groups in total. The van der Waals surface area contributed by atoms with Gasteiger partial charge < -0.3 is 0 Å². The van der Waals surface area contributed by atoms with Crippen LogP contribution in [0.15, 0.2) is 12.6 Å². The summed E-state index contributed by atoms with van der Waals surface area (Å²) in [5.41, 5.74) is 0. The Morgan fingerprint density at radius 1 is 1.71 bits per heavy atom. The Balaban J connectivity index is 2.26. The average Bonchev–Trinajstić information content (AvgIpc) is 2.14. The minimum Gasteiger partial charge on any atom is -0.123 e. The second-order valence-corrected chi connectivity index (χ2v) is 2.28. The molecule has 1 aliphatic heterocycles. The van der Waals surface area contributed by atoms with E-state index in [4.69, 9.17) is 0 Å². The fourth-order valence-electron chi connectivity index (χ4n) is 1.19. The molecule has 0 aromatic rings. The number of rotatable bonds is 1. The number of hydrogen-bond acceptors (Lipinski definition) is 0. The lowest BCUT2D eigenvalue weighted by molar-refractivity contribution is 1.44. The minimum atomic E-state index is 0.861. The summed E-state index contributed by atoms with van der Waals surface area (Å²) >= 11 is 0. The van der Waals surface area contributed by atoms with Crippen LogP contribution < -0.4 is 0 Å². The van der Waals surface area contributed by atoms with E-state index >= 15 is 0 Å². The van der Waals surface area contributed by atoms with Gasteiger partial charge in [0.15, 0.2) is 6.71 Å². The Morgan fingerprint density at radius 2 is 2.57 bits per heavy atom. The molecule has 0 bridgehead atoms. The maximum atomic E-state index is 3.74. The molecule has 1 saturated heterocycles. The van der Waals surface area contributed by atoms with Gasteiger partial charge in [0.1, 0.15) is 7.28 Å². The highest BCUT2D eigenvalue weighted by Crippen LogP contribution is 2.12. The van der Waals surface area contributed by atoms with Crippen molar-refractivity contribution in [2.75, 3.05) is 0 Å². The van der Waals surface area contributed by atoms with Crippen molar-refractivity contribution < 1.29 is 0 Å². The lowest BCUT2D eigenvalue weighted by Gasteiger charge is -1.89. The van der Waals surface area contributed by atoms with E-state index in [-0.39, 0.29) is 0 Å². The van der Waals surface area contributed by atoms with Crippen molar-refractivity contribution in [3.8, 4) is 0 Å². The fourth-order valence-corrected chi connectivity index (χ4v) is 1.19. The first-order valence-electron chi connectivity index (χ1n) is 3.06. The number of hydrogen-bond donors (Lipinski definition) is 0. The summed E-state index contributed by atoms with van der Waals surface area (Å²) in [6.45, 7) is 4.60. The highest BCUT2D eigenvalue weighted by Gasteiger charge is 2.14. The summed E-state index contributed by atoms with van der Waals surface area (Å²) in [5, 5.41) is 0. The topological polar surface area (TPSA) is 0 Å². The van der Waals surface area contributed by atoms with Crippen LogP contribution in [0.4, 0.5) is 0 Å². The highest BCUT2D eigenvalue weighted by atomic mass is 13.7. The fraction of sp³-hybridized carbons (Fsp3) is 0.600. The van der Waals surface area contributed by atoms with Gasteiger partial charge in [-0.3, -0.25) is 0 Å². The molecule has 2 heteroatoms. The third-order valence-corrected chi connectivity index (χ3v) is 1.73. The molecule has 36 valence electrons. The summed E-state index contributed by atoms with van der Waals surface area (Å²) < 4.78 is 0. The molecule has 0 aromatic carbocycles. The lowest BCUT2D eigenvalue weighted by Crippen LogP contribution is -1.99. The molecule has 0 radical (unpaired) electrons. The van der Waals surface area contributed by atoms with E-state index < -0.39 is 0 Å². The molecule has 7 heavy (non-hydrogen) atoms. The predicted molar refractivity (Wildman–Crippen MR) is 37.5 cm³/mol. The standard InChI is InChI=1S/C5H10B2/c1-2-7-4-3-6-5-7/h2,6H,1,3-5H2. The quantitative estimate of drug-likeness (QED) is 0.423. The first kappa shape index (κ1) is 5.02. The van der Waals surface area contributed by atoms with Gasteiger partial charge in [0.05, 0.1) is 0 Å². The molecule has 0 aromatic heterocycles. The van der Waals surface area contributed by atoms with E-state index in [2.05, 4.69) is 12.6 Å². The third kappa shape index (κ3) is 1.12. The maximum Gasteiger partial charge on any atom is 0.157 e. The molecule has 0 aliphatic carbocycles. The van der Waals surface area contributed by atoms with Crippen molar-refractivity contribution in [1.29, 1.82) is 0 Å². The SMILES string of the molecule is C=CB1CBCC1. The molecule has 1 heterocycles. The Labute approximate surface area is 46.3 Å². The van der Waals surface area contributed by atoms with Gasteiger partial charge in [-0.15, -0.1) is 12.6 Å². The summed E-state index contributed by atoms with van der Waals surface area (Å²) in [6, 6.07) is 0. The maximum absolute atomic E-state index is 3.74. The van der Waals surface area contributed by atoms with E-state index in [1.54, 1.807) is 0 Å². The monoisotopic (exact) mass is 92.1 g/mol. The zero-order valence-electron chi connectivity index (χ0n) is 4.69. The summed E-state index contributed by atoms with van der Waals surface area (Å²) in [4.78, 5) is 0. The van der Waals surface area contributed by atoms with Crippen LogP contribution in [0.3, 0.4) is 0 Å². The predicted octanol–water partition coefficient (Wildman–Crippen LogP) is 1.03. The van der Waals surface area contributed by atoms with E-state index in [0.29, 0.717) is 0 Å². The first-order chi connectivity index (χ1) is 3.43. The van der Waals surface area contributed by atoms with Gasteiger partial charge >= 0.3 is 0 Å². The zero-order valence-corrected chi connectivity index (χ0v) is 4.69. The Kier molecular flexibility index (Phi) is 1.61. The zero-order chi connectivity index (χ0) is 5.11. The van der Waals surface area contributed by atoms with Gasteiger partial charge in [0.2, 0.25) is 0 Å². The van der Waals surface area contributed by atoms with Crippen LogP contribution in [0.1, 0.15) is 0 Å².